The van der Waals surface area contributed by atoms with E-state index in [2.05, 4.69) is 0 Å². The smallest absolute Gasteiger partial charge is 0.344 e. The molecule has 1 aromatic heterocycles. The summed E-state index contributed by atoms with van der Waals surface area (Å²) in [7, 11) is 1.60. The van der Waals surface area contributed by atoms with Crippen molar-refractivity contribution in [3.8, 4) is 11.5 Å². The second-order valence-corrected chi connectivity index (χ2v) is 11.1. The molecule has 5 rings (SSSR count). The van der Waals surface area contributed by atoms with E-state index in [9.17, 15) is 14.4 Å². The van der Waals surface area contributed by atoms with E-state index >= 15 is 0 Å². The summed E-state index contributed by atoms with van der Waals surface area (Å²) >= 11 is 1.27. The van der Waals surface area contributed by atoms with Gasteiger partial charge in [-0.1, -0.05) is 53.8 Å². The maximum atomic E-state index is 14.2. The molecule has 0 unspecified atom stereocenters. The Balaban J connectivity index is 1.66. The molecule has 228 valence electrons. The number of carbonyl (C=O) groups is 2. The number of ether oxygens (including phenoxy) is 3. The van der Waals surface area contributed by atoms with Gasteiger partial charge in [-0.25, -0.2) is 9.79 Å². The third kappa shape index (κ3) is 5.90. The van der Waals surface area contributed by atoms with Gasteiger partial charge in [0.25, 0.3) is 11.5 Å². The van der Waals surface area contributed by atoms with Crippen LogP contribution in [-0.4, -0.2) is 54.8 Å². The fourth-order valence-electron chi connectivity index (χ4n) is 5.44. The predicted molar refractivity (Wildman–Crippen MR) is 171 cm³/mol. The summed E-state index contributed by atoms with van der Waals surface area (Å²) in [5, 5.41) is 1.87. The minimum absolute atomic E-state index is 0.163. The van der Waals surface area contributed by atoms with Crippen molar-refractivity contribution in [2.45, 2.75) is 33.7 Å². The lowest BCUT2D eigenvalue weighted by atomic mass is 9.90. The Morgan fingerprint density at radius 1 is 1.02 bits per heavy atom. The third-order valence-corrected chi connectivity index (χ3v) is 8.55. The summed E-state index contributed by atoms with van der Waals surface area (Å²) in [5.74, 6) is 0.490. The summed E-state index contributed by atoms with van der Waals surface area (Å²) in [6.07, 6.45) is 1.79. The average Bonchev–Trinajstić information content (AvgIpc) is 3.33. The van der Waals surface area contributed by atoms with Crippen LogP contribution in [0.4, 0.5) is 0 Å². The minimum atomic E-state index is -0.749. The summed E-state index contributed by atoms with van der Waals surface area (Å²) < 4.78 is 18.4. The first kappa shape index (κ1) is 30.7. The zero-order valence-corrected chi connectivity index (χ0v) is 26.3. The number of rotatable bonds is 10. The van der Waals surface area contributed by atoms with E-state index in [0.717, 1.165) is 21.9 Å². The molecular formula is C34H35N3O6S. The van der Waals surface area contributed by atoms with Gasteiger partial charge < -0.3 is 19.1 Å². The minimum Gasteiger partial charge on any atom is -0.496 e. The van der Waals surface area contributed by atoms with Crippen molar-refractivity contribution >= 4 is 40.1 Å². The van der Waals surface area contributed by atoms with Gasteiger partial charge in [0.2, 0.25) is 0 Å². The summed E-state index contributed by atoms with van der Waals surface area (Å²) in [6, 6.07) is 18.1. The number of fused-ring (bicyclic) bond motifs is 2. The molecule has 0 saturated carbocycles. The molecular weight excluding hydrogens is 578 g/mol. The molecule has 0 radical (unpaired) electrons. The summed E-state index contributed by atoms with van der Waals surface area (Å²) in [4.78, 5) is 47.0. The number of likely N-dealkylation sites (N-methyl/N-ethyl adjacent to an activating group) is 1. The van der Waals surface area contributed by atoms with Crippen molar-refractivity contribution in [1.82, 2.24) is 9.47 Å². The Labute approximate surface area is 259 Å². The zero-order chi connectivity index (χ0) is 31.4. The van der Waals surface area contributed by atoms with Crippen LogP contribution in [0.15, 0.2) is 81.7 Å². The first-order valence-corrected chi connectivity index (χ1v) is 15.4. The van der Waals surface area contributed by atoms with Gasteiger partial charge in [0.15, 0.2) is 11.4 Å². The number of allylic oxidation sites excluding steroid dienone is 1. The highest BCUT2D eigenvalue weighted by Crippen LogP contribution is 2.40. The SMILES string of the molecule is CCOC(=O)COc1ccc(/C=c2/sc3n(c2=O)[C@H](c2c(OC)ccc4ccccc24)C(C(=O)N(CC)CC)=C(C)N=3)cc1. The lowest BCUT2D eigenvalue weighted by Crippen LogP contribution is -2.43. The molecule has 0 N–H and O–H groups in total. The predicted octanol–water partition coefficient (Wildman–Crippen LogP) is 4.21. The quantitative estimate of drug-likeness (QED) is 0.249. The number of benzene rings is 3. The van der Waals surface area contributed by atoms with E-state index in [-0.39, 0.29) is 24.7 Å². The van der Waals surface area contributed by atoms with E-state index in [4.69, 9.17) is 19.2 Å². The zero-order valence-electron chi connectivity index (χ0n) is 25.5. The molecule has 3 aromatic carbocycles. The number of hydrogen-bond acceptors (Lipinski definition) is 8. The van der Waals surface area contributed by atoms with Crippen LogP contribution in [0.3, 0.4) is 0 Å². The van der Waals surface area contributed by atoms with Crippen molar-refractivity contribution in [3.05, 3.63) is 103 Å². The van der Waals surface area contributed by atoms with Gasteiger partial charge in [-0.15, -0.1) is 0 Å². The maximum absolute atomic E-state index is 14.2. The van der Waals surface area contributed by atoms with Crippen molar-refractivity contribution in [2.24, 2.45) is 4.99 Å². The lowest BCUT2D eigenvalue weighted by Gasteiger charge is -2.30. The van der Waals surface area contributed by atoms with Crippen molar-refractivity contribution < 1.29 is 23.8 Å². The van der Waals surface area contributed by atoms with Crippen molar-refractivity contribution in [1.29, 1.82) is 0 Å². The van der Waals surface area contributed by atoms with Crippen LogP contribution in [0.25, 0.3) is 16.8 Å². The third-order valence-electron chi connectivity index (χ3n) is 7.57. The lowest BCUT2D eigenvalue weighted by molar-refractivity contribution is -0.145. The van der Waals surface area contributed by atoms with E-state index in [1.165, 1.54) is 11.3 Å². The molecule has 2 heterocycles. The molecule has 0 bridgehead atoms. The van der Waals surface area contributed by atoms with Crippen LogP contribution in [0.2, 0.25) is 0 Å². The fraction of sp³-hybridized carbons (Fsp3) is 0.294. The number of aromatic nitrogens is 1. The molecule has 0 aliphatic carbocycles. The van der Waals surface area contributed by atoms with Crippen LogP contribution < -0.4 is 24.4 Å². The van der Waals surface area contributed by atoms with Gasteiger partial charge >= 0.3 is 5.97 Å². The highest BCUT2D eigenvalue weighted by atomic mass is 32.1. The number of hydrogen-bond donors (Lipinski definition) is 0. The summed E-state index contributed by atoms with van der Waals surface area (Å²) in [6.45, 7) is 8.59. The standard InChI is InChI=1S/C34H35N3O6S/c1-6-36(7-2)33(40)29-21(4)35-34-37(31(29)30-25-12-10-9-11-23(25)15-18-26(30)41-5)32(39)27(44-34)19-22-13-16-24(17-14-22)43-20-28(38)42-8-3/h9-19,31H,6-8,20H2,1-5H3/b27-19+/t31-/m0/s1. The van der Waals surface area contributed by atoms with Crippen LogP contribution in [-0.2, 0) is 14.3 Å². The molecule has 44 heavy (non-hydrogen) atoms. The van der Waals surface area contributed by atoms with Gasteiger partial charge in [0.05, 0.1) is 29.5 Å². The number of thiazole rings is 1. The van der Waals surface area contributed by atoms with Gasteiger partial charge in [-0.2, -0.15) is 0 Å². The van der Waals surface area contributed by atoms with E-state index in [1.807, 2.05) is 69.3 Å². The Morgan fingerprint density at radius 3 is 2.43 bits per heavy atom. The molecule has 1 aliphatic heterocycles. The second kappa shape index (κ2) is 13.3. The Morgan fingerprint density at radius 2 is 1.75 bits per heavy atom. The van der Waals surface area contributed by atoms with Crippen LogP contribution in [0, 0.1) is 0 Å². The van der Waals surface area contributed by atoms with Crippen molar-refractivity contribution in [2.75, 3.05) is 33.4 Å². The highest BCUT2D eigenvalue weighted by Gasteiger charge is 2.36. The topological polar surface area (TPSA) is 99.4 Å². The first-order valence-electron chi connectivity index (χ1n) is 14.6. The molecule has 1 aliphatic rings. The molecule has 9 nitrogen and oxygen atoms in total. The maximum Gasteiger partial charge on any atom is 0.344 e. The Bertz CT molecular complexity index is 1920. The number of carbonyl (C=O) groups excluding carboxylic acids is 2. The van der Waals surface area contributed by atoms with Crippen LogP contribution >= 0.6 is 11.3 Å². The Kier molecular flexibility index (Phi) is 9.29. The molecule has 10 heteroatoms. The van der Waals surface area contributed by atoms with Gasteiger partial charge in [-0.3, -0.25) is 14.2 Å². The van der Waals surface area contributed by atoms with Crippen LogP contribution in [0.5, 0.6) is 11.5 Å². The number of esters is 1. The summed E-state index contributed by atoms with van der Waals surface area (Å²) in [5.41, 5.74) is 2.27. The van der Waals surface area contributed by atoms with Gasteiger partial charge in [0, 0.05) is 18.7 Å². The first-order chi connectivity index (χ1) is 21.3. The average molecular weight is 614 g/mol. The highest BCUT2D eigenvalue weighted by molar-refractivity contribution is 7.07. The molecule has 0 spiro atoms. The van der Waals surface area contributed by atoms with Crippen molar-refractivity contribution in [3.63, 3.8) is 0 Å². The number of methoxy groups -OCH3 is 1. The normalized spacial score (nSPS) is 14.7. The van der Waals surface area contributed by atoms with Gasteiger partial charge in [-0.05, 0) is 68.3 Å². The van der Waals surface area contributed by atoms with Gasteiger partial charge in [0.1, 0.15) is 17.5 Å². The van der Waals surface area contributed by atoms with E-state index in [0.29, 0.717) is 45.2 Å². The molecule has 0 fully saturated rings. The molecule has 0 saturated heterocycles. The second-order valence-electron chi connectivity index (χ2n) is 10.1. The largest absolute Gasteiger partial charge is 0.496 e. The molecule has 1 amide bonds. The van der Waals surface area contributed by atoms with Crippen LogP contribution in [0.1, 0.15) is 44.9 Å². The molecule has 4 aromatic rings. The molecule has 1 atom stereocenters. The van der Waals surface area contributed by atoms with E-state index < -0.39 is 12.0 Å². The monoisotopic (exact) mass is 613 g/mol. The number of nitrogens with zero attached hydrogens (tertiary/aromatic N) is 3. The fourth-order valence-corrected chi connectivity index (χ4v) is 6.49. The van der Waals surface area contributed by atoms with E-state index in [1.54, 1.807) is 41.7 Å². The Hall–Kier alpha value is -4.70. The number of amides is 1.